The molecule has 0 saturated carbocycles. The molecule has 0 unspecified atom stereocenters. The molecule has 3 heteroatoms. The fraction of sp³-hybridized carbons (Fsp3) is 0.500. The monoisotopic (exact) mass is 224 g/mol. The third-order valence-corrected chi connectivity index (χ3v) is 3.08. The summed E-state index contributed by atoms with van der Waals surface area (Å²) in [5.74, 6) is 1.16. The lowest BCUT2D eigenvalue weighted by Gasteiger charge is -2.19. The molecule has 15 heavy (non-hydrogen) atoms. The highest BCUT2D eigenvalue weighted by atomic mass is 32.2. The zero-order chi connectivity index (χ0) is 11.3. The molecule has 0 saturated heterocycles. The van der Waals surface area contributed by atoms with Gasteiger partial charge in [-0.2, -0.15) is 11.8 Å². The predicted octanol–water partition coefficient (Wildman–Crippen LogP) is 2.51. The van der Waals surface area contributed by atoms with Crippen LogP contribution in [-0.2, 0) is 0 Å². The van der Waals surface area contributed by atoms with Crippen molar-refractivity contribution in [3.05, 3.63) is 29.8 Å². The van der Waals surface area contributed by atoms with E-state index >= 15 is 0 Å². The van der Waals surface area contributed by atoms with Gasteiger partial charge in [-0.25, -0.2) is 0 Å². The van der Waals surface area contributed by atoms with Gasteiger partial charge in [0.05, 0.1) is 0 Å². The Morgan fingerprint density at radius 2 is 1.93 bits per heavy atom. The molecule has 1 aromatic rings. The molecule has 0 spiro atoms. The van der Waals surface area contributed by atoms with E-state index < -0.39 is 0 Å². The van der Waals surface area contributed by atoms with Crippen LogP contribution in [0.5, 0.6) is 0 Å². The average Bonchev–Trinajstić information content (AvgIpc) is 2.26. The van der Waals surface area contributed by atoms with Crippen molar-refractivity contribution in [2.45, 2.75) is 13.0 Å². The van der Waals surface area contributed by atoms with E-state index in [0.717, 1.165) is 12.3 Å². The van der Waals surface area contributed by atoms with E-state index in [4.69, 9.17) is 5.73 Å². The Kier molecular flexibility index (Phi) is 4.99. The number of nitrogens with two attached hydrogens (primary N) is 1. The van der Waals surface area contributed by atoms with Crippen LogP contribution in [0.25, 0.3) is 0 Å². The largest absolute Gasteiger partial charge is 0.374 e. The van der Waals surface area contributed by atoms with Gasteiger partial charge in [0.25, 0.3) is 0 Å². The van der Waals surface area contributed by atoms with Gasteiger partial charge < -0.3 is 10.6 Å². The van der Waals surface area contributed by atoms with Gasteiger partial charge in [-0.1, -0.05) is 12.1 Å². The van der Waals surface area contributed by atoms with Crippen LogP contribution in [0.2, 0.25) is 0 Å². The van der Waals surface area contributed by atoms with Crippen LogP contribution in [0.15, 0.2) is 24.3 Å². The molecule has 1 atom stereocenters. The van der Waals surface area contributed by atoms with Crippen LogP contribution in [0, 0.1) is 0 Å². The summed E-state index contributed by atoms with van der Waals surface area (Å²) in [6, 6.07) is 8.61. The summed E-state index contributed by atoms with van der Waals surface area (Å²) in [5, 5.41) is 0. The van der Waals surface area contributed by atoms with Crippen molar-refractivity contribution in [2.75, 3.05) is 30.5 Å². The molecule has 1 rings (SSSR count). The quantitative estimate of drug-likeness (QED) is 0.833. The third kappa shape index (κ3) is 3.76. The third-order valence-electron chi connectivity index (χ3n) is 2.49. The molecule has 0 aliphatic rings. The van der Waals surface area contributed by atoms with E-state index in [1.807, 2.05) is 18.7 Å². The normalized spacial score (nSPS) is 12.5. The Morgan fingerprint density at radius 1 is 1.33 bits per heavy atom. The second-order valence-electron chi connectivity index (χ2n) is 3.79. The first kappa shape index (κ1) is 12.4. The van der Waals surface area contributed by atoms with Crippen molar-refractivity contribution < 1.29 is 0 Å². The number of nitrogens with zero attached hydrogens (tertiary/aromatic N) is 1. The standard InChI is InChI=1S/C12H20N2S/c1-10(13)11-4-6-12(7-5-11)14(2)8-9-15-3/h4-7,10H,8-9,13H2,1-3H3/t10-/m1/s1. The highest BCUT2D eigenvalue weighted by molar-refractivity contribution is 7.98. The highest BCUT2D eigenvalue weighted by Crippen LogP contribution is 2.17. The maximum atomic E-state index is 5.80. The minimum atomic E-state index is 0.121. The van der Waals surface area contributed by atoms with E-state index in [-0.39, 0.29) is 6.04 Å². The van der Waals surface area contributed by atoms with Crippen LogP contribution in [0.1, 0.15) is 18.5 Å². The number of thioether (sulfide) groups is 1. The maximum Gasteiger partial charge on any atom is 0.0364 e. The molecule has 0 amide bonds. The van der Waals surface area contributed by atoms with Crippen molar-refractivity contribution in [2.24, 2.45) is 5.73 Å². The second-order valence-corrected chi connectivity index (χ2v) is 4.78. The lowest BCUT2D eigenvalue weighted by Crippen LogP contribution is -2.20. The Hall–Kier alpha value is -0.670. The van der Waals surface area contributed by atoms with E-state index in [9.17, 15) is 0 Å². The smallest absolute Gasteiger partial charge is 0.0364 e. The minimum absolute atomic E-state index is 0.121. The molecule has 0 fully saturated rings. The van der Waals surface area contributed by atoms with E-state index in [2.05, 4.69) is 42.5 Å². The van der Waals surface area contributed by atoms with Gasteiger partial charge in [0, 0.05) is 31.1 Å². The molecule has 0 aliphatic heterocycles. The predicted molar refractivity (Wildman–Crippen MR) is 70.7 cm³/mol. The molecule has 0 radical (unpaired) electrons. The molecular weight excluding hydrogens is 204 g/mol. The Morgan fingerprint density at radius 3 is 2.40 bits per heavy atom. The summed E-state index contributed by atoms with van der Waals surface area (Å²) in [6.45, 7) is 3.09. The second kappa shape index (κ2) is 6.03. The van der Waals surface area contributed by atoms with Gasteiger partial charge in [-0.15, -0.1) is 0 Å². The molecule has 0 heterocycles. The van der Waals surface area contributed by atoms with Gasteiger partial charge in [-0.3, -0.25) is 0 Å². The molecule has 2 N–H and O–H groups in total. The first-order valence-electron chi connectivity index (χ1n) is 5.20. The number of rotatable bonds is 5. The molecule has 0 bridgehead atoms. The van der Waals surface area contributed by atoms with Crippen molar-refractivity contribution in [1.29, 1.82) is 0 Å². The molecule has 2 nitrogen and oxygen atoms in total. The highest BCUT2D eigenvalue weighted by Gasteiger charge is 2.02. The Bertz CT molecular complexity index is 282. The van der Waals surface area contributed by atoms with Crippen molar-refractivity contribution in [1.82, 2.24) is 0 Å². The SMILES string of the molecule is CSCCN(C)c1ccc([C@@H](C)N)cc1. The van der Waals surface area contributed by atoms with Gasteiger partial charge in [0.1, 0.15) is 0 Å². The zero-order valence-electron chi connectivity index (χ0n) is 9.73. The molecule has 84 valence electrons. The van der Waals surface area contributed by atoms with Crippen LogP contribution in [0.3, 0.4) is 0 Å². The summed E-state index contributed by atoms with van der Waals surface area (Å²) >= 11 is 1.87. The lowest BCUT2D eigenvalue weighted by atomic mass is 10.1. The summed E-state index contributed by atoms with van der Waals surface area (Å²) in [7, 11) is 2.12. The van der Waals surface area contributed by atoms with Gasteiger partial charge in [-0.05, 0) is 30.9 Å². The van der Waals surface area contributed by atoms with E-state index in [1.165, 1.54) is 11.3 Å². The van der Waals surface area contributed by atoms with Crippen LogP contribution in [-0.4, -0.2) is 25.6 Å². The molecule has 0 aromatic heterocycles. The first-order valence-corrected chi connectivity index (χ1v) is 6.60. The average molecular weight is 224 g/mol. The fourth-order valence-corrected chi connectivity index (χ4v) is 1.85. The Balaban J connectivity index is 2.62. The summed E-state index contributed by atoms with van der Waals surface area (Å²) in [4.78, 5) is 2.27. The molecule has 0 aliphatic carbocycles. The molecular formula is C12H20N2S. The van der Waals surface area contributed by atoms with Crippen molar-refractivity contribution in [3.63, 3.8) is 0 Å². The van der Waals surface area contributed by atoms with E-state index in [0.29, 0.717) is 0 Å². The Labute approximate surface area is 96.8 Å². The topological polar surface area (TPSA) is 29.3 Å². The van der Waals surface area contributed by atoms with Crippen molar-refractivity contribution >= 4 is 17.4 Å². The summed E-state index contributed by atoms with van der Waals surface area (Å²) < 4.78 is 0. The lowest BCUT2D eigenvalue weighted by molar-refractivity contribution is 0.817. The number of hydrogen-bond acceptors (Lipinski definition) is 3. The van der Waals surface area contributed by atoms with E-state index in [1.54, 1.807) is 0 Å². The zero-order valence-corrected chi connectivity index (χ0v) is 10.6. The van der Waals surface area contributed by atoms with Crippen LogP contribution in [0.4, 0.5) is 5.69 Å². The summed E-state index contributed by atoms with van der Waals surface area (Å²) in [5.41, 5.74) is 8.25. The molecule has 1 aromatic carbocycles. The van der Waals surface area contributed by atoms with Gasteiger partial charge >= 0.3 is 0 Å². The van der Waals surface area contributed by atoms with Crippen molar-refractivity contribution in [3.8, 4) is 0 Å². The fourth-order valence-electron chi connectivity index (χ4n) is 1.39. The number of anilines is 1. The minimum Gasteiger partial charge on any atom is -0.374 e. The van der Waals surface area contributed by atoms with Crippen LogP contribution >= 0.6 is 11.8 Å². The van der Waals surface area contributed by atoms with Crippen LogP contribution < -0.4 is 10.6 Å². The first-order chi connectivity index (χ1) is 7.15. The van der Waals surface area contributed by atoms with Gasteiger partial charge in [0.15, 0.2) is 0 Å². The number of benzene rings is 1. The van der Waals surface area contributed by atoms with Gasteiger partial charge in [0.2, 0.25) is 0 Å². The summed E-state index contributed by atoms with van der Waals surface area (Å²) in [6.07, 6.45) is 2.13. The number of hydrogen-bond donors (Lipinski definition) is 1. The maximum absolute atomic E-state index is 5.80.